The number of aromatic nitrogens is 1. The highest BCUT2D eigenvalue weighted by Crippen LogP contribution is 2.54. The van der Waals surface area contributed by atoms with Crippen molar-refractivity contribution in [3.8, 4) is 0 Å². The Morgan fingerprint density at radius 1 is 1.21 bits per heavy atom. The van der Waals surface area contributed by atoms with Gasteiger partial charge in [0, 0.05) is 41.6 Å². The fourth-order valence-corrected chi connectivity index (χ4v) is 5.18. The highest BCUT2D eigenvalue weighted by Gasteiger charge is 2.45. The smallest absolute Gasteiger partial charge is 0.0815 e. The van der Waals surface area contributed by atoms with E-state index in [0.29, 0.717) is 5.92 Å². The van der Waals surface area contributed by atoms with Crippen LogP contribution >= 0.6 is 0 Å². The lowest BCUT2D eigenvalue weighted by Crippen LogP contribution is -2.38. The monoisotopic (exact) mass is 331 g/mol. The molecule has 2 N–H and O–H groups in total. The molecule has 1 saturated heterocycles. The van der Waals surface area contributed by atoms with E-state index in [1.165, 1.54) is 19.3 Å². The first-order chi connectivity index (χ1) is 11.7. The van der Waals surface area contributed by atoms with E-state index in [9.17, 15) is 10.2 Å². The third kappa shape index (κ3) is 2.59. The molecule has 1 aromatic rings. The first-order valence-electron chi connectivity index (χ1n) is 9.58. The minimum absolute atomic E-state index is 0.0218. The summed E-state index contributed by atoms with van der Waals surface area (Å²) >= 11 is 0. The van der Waals surface area contributed by atoms with Crippen molar-refractivity contribution >= 4 is 0 Å². The maximum absolute atomic E-state index is 10.9. The Balaban J connectivity index is 1.81. The van der Waals surface area contributed by atoms with E-state index < -0.39 is 6.10 Å². The summed E-state index contributed by atoms with van der Waals surface area (Å²) in [5.74, 6) is 0.382. The molecule has 2 heterocycles. The number of fused-ring (bicyclic) bond motifs is 1. The van der Waals surface area contributed by atoms with Gasteiger partial charge in [0.25, 0.3) is 0 Å². The van der Waals surface area contributed by atoms with Crippen LogP contribution in [-0.2, 0) is 24.2 Å². The van der Waals surface area contributed by atoms with E-state index in [2.05, 4.69) is 6.92 Å². The lowest BCUT2D eigenvalue weighted by Gasteiger charge is -2.47. The average molecular weight is 331 g/mol. The second kappa shape index (κ2) is 6.40. The van der Waals surface area contributed by atoms with Crippen LogP contribution in [0.5, 0.6) is 0 Å². The molecule has 2 aliphatic carbocycles. The molecule has 1 saturated carbocycles. The first-order valence-corrected chi connectivity index (χ1v) is 9.58. The summed E-state index contributed by atoms with van der Waals surface area (Å²) in [7, 11) is 0. The quantitative estimate of drug-likeness (QED) is 0.893. The summed E-state index contributed by atoms with van der Waals surface area (Å²) < 4.78 is 5.51. The second-order valence-electron chi connectivity index (χ2n) is 7.96. The number of aliphatic hydroxyl groups excluding tert-OH is 2. The fourth-order valence-electron chi connectivity index (χ4n) is 5.18. The lowest BCUT2D eigenvalue weighted by atomic mass is 9.59. The molecule has 4 rings (SSSR count). The van der Waals surface area contributed by atoms with Crippen LogP contribution in [0.3, 0.4) is 0 Å². The summed E-state index contributed by atoms with van der Waals surface area (Å²) in [6, 6.07) is 0. The number of aliphatic hydroxyl groups is 2. The maximum Gasteiger partial charge on any atom is 0.0815 e. The van der Waals surface area contributed by atoms with Gasteiger partial charge in [-0.2, -0.15) is 0 Å². The highest BCUT2D eigenvalue weighted by molar-refractivity contribution is 5.45. The number of hydrogen-bond acceptors (Lipinski definition) is 4. The third-order valence-corrected chi connectivity index (χ3v) is 6.60. The van der Waals surface area contributed by atoms with Crippen LogP contribution in [0.2, 0.25) is 0 Å². The van der Waals surface area contributed by atoms with Gasteiger partial charge < -0.3 is 14.9 Å². The van der Waals surface area contributed by atoms with Crippen molar-refractivity contribution in [2.75, 3.05) is 13.2 Å². The van der Waals surface area contributed by atoms with E-state index in [-0.39, 0.29) is 12.0 Å². The van der Waals surface area contributed by atoms with Crippen LogP contribution in [0, 0.1) is 5.41 Å². The molecule has 1 unspecified atom stereocenters. The van der Waals surface area contributed by atoms with Crippen molar-refractivity contribution in [1.29, 1.82) is 0 Å². The van der Waals surface area contributed by atoms with Gasteiger partial charge in [0.2, 0.25) is 0 Å². The minimum Gasteiger partial charge on any atom is -0.392 e. The zero-order valence-corrected chi connectivity index (χ0v) is 14.7. The van der Waals surface area contributed by atoms with Gasteiger partial charge >= 0.3 is 0 Å². The molecule has 0 radical (unpaired) electrons. The van der Waals surface area contributed by atoms with Crippen molar-refractivity contribution < 1.29 is 14.9 Å². The summed E-state index contributed by atoms with van der Waals surface area (Å²) in [5.41, 5.74) is 5.66. The molecular formula is C20H29NO3. The first kappa shape index (κ1) is 16.5. The Bertz CT molecular complexity index is 618. The molecule has 4 nitrogen and oxygen atoms in total. The van der Waals surface area contributed by atoms with Crippen molar-refractivity contribution in [2.24, 2.45) is 5.41 Å². The Morgan fingerprint density at radius 2 is 1.96 bits per heavy atom. The Kier molecular flexibility index (Phi) is 4.40. The van der Waals surface area contributed by atoms with E-state index in [4.69, 9.17) is 9.72 Å². The zero-order chi connectivity index (χ0) is 16.7. The molecule has 1 spiro atoms. The molecule has 1 atom stereocenters. The second-order valence-corrected chi connectivity index (χ2v) is 7.96. The van der Waals surface area contributed by atoms with Crippen LogP contribution in [-0.4, -0.2) is 28.4 Å². The summed E-state index contributed by atoms with van der Waals surface area (Å²) in [6.45, 7) is 3.71. The normalized spacial score (nSPS) is 26.2. The molecule has 132 valence electrons. The van der Waals surface area contributed by atoms with Gasteiger partial charge in [-0.3, -0.25) is 4.98 Å². The molecule has 1 aromatic heterocycles. The molecule has 0 bridgehead atoms. The topological polar surface area (TPSA) is 62.6 Å². The van der Waals surface area contributed by atoms with Crippen LogP contribution in [0.4, 0.5) is 0 Å². The van der Waals surface area contributed by atoms with Gasteiger partial charge in [0.15, 0.2) is 0 Å². The van der Waals surface area contributed by atoms with Crippen LogP contribution < -0.4 is 0 Å². The van der Waals surface area contributed by atoms with E-state index in [0.717, 1.165) is 73.4 Å². The third-order valence-electron chi connectivity index (χ3n) is 6.60. The van der Waals surface area contributed by atoms with Crippen molar-refractivity contribution in [3.05, 3.63) is 28.1 Å². The molecule has 24 heavy (non-hydrogen) atoms. The Labute approximate surface area is 144 Å². The van der Waals surface area contributed by atoms with E-state index in [1.807, 2.05) is 0 Å². The van der Waals surface area contributed by atoms with Gasteiger partial charge in [-0.1, -0.05) is 13.3 Å². The Morgan fingerprint density at radius 3 is 2.54 bits per heavy atom. The lowest BCUT2D eigenvalue weighted by molar-refractivity contribution is 0.0235. The van der Waals surface area contributed by atoms with Gasteiger partial charge in [0.05, 0.1) is 12.7 Å². The maximum atomic E-state index is 10.9. The van der Waals surface area contributed by atoms with Crippen molar-refractivity contribution in [2.45, 2.75) is 76.9 Å². The van der Waals surface area contributed by atoms with Gasteiger partial charge in [-0.25, -0.2) is 0 Å². The number of hydrogen-bond donors (Lipinski definition) is 2. The van der Waals surface area contributed by atoms with Gasteiger partial charge in [-0.05, 0) is 55.9 Å². The predicted molar refractivity (Wildman–Crippen MR) is 91.9 cm³/mol. The number of pyridine rings is 1. The number of nitrogens with zero attached hydrogens (tertiary/aromatic N) is 1. The van der Waals surface area contributed by atoms with Crippen LogP contribution in [0.25, 0.3) is 0 Å². The largest absolute Gasteiger partial charge is 0.392 e. The molecule has 1 aliphatic heterocycles. The van der Waals surface area contributed by atoms with E-state index in [1.54, 1.807) is 0 Å². The number of rotatable bonds is 3. The molecular weight excluding hydrogens is 302 g/mol. The SMILES string of the molecule is CCc1c(CO)c(C2CCOCC2)nc2c1C(O)CC1(CCC1)C2. The number of ether oxygens (including phenoxy) is 1. The fraction of sp³-hybridized carbons (Fsp3) is 0.750. The van der Waals surface area contributed by atoms with E-state index >= 15 is 0 Å². The molecule has 4 heteroatoms. The predicted octanol–water partition coefficient (Wildman–Crippen LogP) is 3.18. The summed E-state index contributed by atoms with van der Waals surface area (Å²) in [6.07, 6.45) is 8.01. The van der Waals surface area contributed by atoms with Gasteiger partial charge in [0.1, 0.15) is 0 Å². The Hall–Kier alpha value is -0.970. The molecule has 0 amide bonds. The van der Waals surface area contributed by atoms with Crippen LogP contribution in [0.15, 0.2) is 0 Å². The molecule has 0 aromatic carbocycles. The average Bonchev–Trinajstić information content (AvgIpc) is 2.59. The van der Waals surface area contributed by atoms with Crippen LogP contribution in [0.1, 0.15) is 85.5 Å². The highest BCUT2D eigenvalue weighted by atomic mass is 16.5. The molecule has 3 aliphatic rings. The summed E-state index contributed by atoms with van der Waals surface area (Å²) in [5, 5.41) is 20.9. The summed E-state index contributed by atoms with van der Waals surface area (Å²) in [4.78, 5) is 5.07. The molecule has 2 fully saturated rings. The van der Waals surface area contributed by atoms with Gasteiger partial charge in [-0.15, -0.1) is 0 Å². The standard InChI is InChI=1S/C20H29NO3/c1-2-14-15(12-22)19(13-4-8-24-9-5-13)21-16-10-20(6-3-7-20)11-17(23)18(14)16/h13,17,22-23H,2-12H2,1H3. The van der Waals surface area contributed by atoms with Crippen molar-refractivity contribution in [3.63, 3.8) is 0 Å². The van der Waals surface area contributed by atoms with Crippen molar-refractivity contribution in [1.82, 2.24) is 4.98 Å². The zero-order valence-electron chi connectivity index (χ0n) is 14.7. The minimum atomic E-state index is -0.412.